The van der Waals surface area contributed by atoms with Crippen LogP contribution in [0.2, 0.25) is 5.02 Å². The summed E-state index contributed by atoms with van der Waals surface area (Å²) in [5.41, 5.74) is 1.32. The second-order valence-corrected chi connectivity index (χ2v) is 5.31. The van der Waals surface area contributed by atoms with Gasteiger partial charge in [-0.2, -0.15) is 5.26 Å². The maximum absolute atomic E-state index is 9.12. The minimum absolute atomic E-state index is 0.361. The van der Waals surface area contributed by atoms with Crippen molar-refractivity contribution in [2.45, 2.75) is 5.88 Å². The molecule has 0 aliphatic rings. The van der Waals surface area contributed by atoms with Crippen molar-refractivity contribution in [1.29, 1.82) is 5.26 Å². The summed E-state index contributed by atoms with van der Waals surface area (Å²) in [6.45, 7) is 0. The molecular formula is C14H8BrCl2NO. The van der Waals surface area contributed by atoms with Crippen LogP contribution in [-0.2, 0) is 5.88 Å². The molecule has 0 heterocycles. The number of rotatable bonds is 3. The minimum atomic E-state index is 0.361. The molecule has 0 aliphatic carbocycles. The van der Waals surface area contributed by atoms with Gasteiger partial charge < -0.3 is 4.74 Å². The van der Waals surface area contributed by atoms with Crippen LogP contribution in [-0.4, -0.2) is 0 Å². The van der Waals surface area contributed by atoms with Gasteiger partial charge in [0.1, 0.15) is 17.6 Å². The van der Waals surface area contributed by atoms with Crippen LogP contribution < -0.4 is 4.74 Å². The Kier molecular flexibility index (Phi) is 4.71. The first-order valence-electron chi connectivity index (χ1n) is 5.36. The van der Waals surface area contributed by atoms with E-state index in [1.807, 2.05) is 6.07 Å². The molecule has 0 N–H and O–H groups in total. The van der Waals surface area contributed by atoms with Gasteiger partial charge in [0.2, 0.25) is 0 Å². The molecule has 0 unspecified atom stereocenters. The van der Waals surface area contributed by atoms with E-state index in [0.29, 0.717) is 28.0 Å². The smallest absolute Gasteiger partial charge is 0.145 e. The lowest BCUT2D eigenvalue weighted by Gasteiger charge is -2.10. The van der Waals surface area contributed by atoms with Crippen LogP contribution in [0.15, 0.2) is 40.9 Å². The molecule has 2 aromatic rings. The molecular weight excluding hydrogens is 349 g/mol. The lowest BCUT2D eigenvalue weighted by molar-refractivity contribution is 0.478. The molecule has 19 heavy (non-hydrogen) atoms. The Bertz CT molecular complexity index is 652. The number of nitriles is 1. The molecule has 0 bridgehead atoms. The number of hydrogen-bond acceptors (Lipinski definition) is 2. The molecule has 5 heteroatoms. The molecule has 0 saturated carbocycles. The third kappa shape index (κ3) is 3.42. The second-order valence-electron chi connectivity index (χ2n) is 3.75. The number of benzene rings is 2. The number of alkyl halides is 1. The van der Waals surface area contributed by atoms with Crippen LogP contribution in [0.4, 0.5) is 0 Å². The largest absolute Gasteiger partial charge is 0.455 e. The number of halogens is 3. The Morgan fingerprint density at radius 1 is 1.16 bits per heavy atom. The summed E-state index contributed by atoms with van der Waals surface area (Å²) in [6.07, 6.45) is 0. The zero-order chi connectivity index (χ0) is 13.8. The molecule has 2 nitrogen and oxygen atoms in total. The monoisotopic (exact) mass is 355 g/mol. The van der Waals surface area contributed by atoms with Crippen molar-refractivity contribution < 1.29 is 4.74 Å². The van der Waals surface area contributed by atoms with Crippen molar-refractivity contribution >= 4 is 39.1 Å². The first-order chi connectivity index (χ1) is 9.13. The average Bonchev–Trinajstić information content (AvgIpc) is 2.42. The maximum atomic E-state index is 9.12. The predicted octanol–water partition coefficient (Wildman–Crippen LogP) is 5.51. The van der Waals surface area contributed by atoms with Gasteiger partial charge in [-0.25, -0.2) is 0 Å². The highest BCUT2D eigenvalue weighted by atomic mass is 79.9. The lowest BCUT2D eigenvalue weighted by Crippen LogP contribution is -1.91. The van der Waals surface area contributed by atoms with Gasteiger partial charge in [0.05, 0.1) is 10.0 Å². The Morgan fingerprint density at radius 3 is 2.53 bits per heavy atom. The maximum Gasteiger partial charge on any atom is 0.145 e. The third-order valence-corrected chi connectivity index (χ3v) is 3.60. The summed E-state index contributed by atoms with van der Waals surface area (Å²) < 4.78 is 6.44. The van der Waals surface area contributed by atoms with Gasteiger partial charge in [-0.3, -0.25) is 0 Å². The molecule has 0 aliphatic heterocycles. The summed E-state index contributed by atoms with van der Waals surface area (Å²) >= 11 is 15.0. The van der Waals surface area contributed by atoms with Crippen LogP contribution in [0.3, 0.4) is 0 Å². The fraction of sp³-hybridized carbons (Fsp3) is 0.0714. The number of nitrogens with zero attached hydrogens (tertiary/aromatic N) is 1. The van der Waals surface area contributed by atoms with E-state index < -0.39 is 0 Å². The summed E-state index contributed by atoms with van der Waals surface area (Å²) in [4.78, 5) is 0. The Balaban J connectivity index is 2.35. The summed E-state index contributed by atoms with van der Waals surface area (Å²) in [7, 11) is 0. The Hall–Kier alpha value is -1.21. The standard InChI is InChI=1S/C14H8BrCl2NO/c15-12-6-11(17)2-4-14(12)19-13-3-1-9(7-16)5-10(13)8-18/h1-6H,7H2. The van der Waals surface area contributed by atoms with Gasteiger partial charge in [-0.05, 0) is 51.8 Å². The first-order valence-corrected chi connectivity index (χ1v) is 7.06. The van der Waals surface area contributed by atoms with Crippen LogP contribution >= 0.6 is 39.1 Å². The Morgan fingerprint density at radius 2 is 1.89 bits per heavy atom. The first kappa shape index (κ1) is 14.2. The quantitative estimate of drug-likeness (QED) is 0.679. The van der Waals surface area contributed by atoms with Gasteiger partial charge in [0.15, 0.2) is 0 Å². The Labute approximate surface area is 129 Å². The van der Waals surface area contributed by atoms with E-state index >= 15 is 0 Å². The van der Waals surface area contributed by atoms with Crippen LogP contribution in [0, 0.1) is 11.3 Å². The zero-order valence-corrected chi connectivity index (χ0v) is 12.8. The van der Waals surface area contributed by atoms with Crippen molar-refractivity contribution in [3.05, 3.63) is 57.0 Å². The molecule has 0 atom stereocenters. The number of ether oxygens (including phenoxy) is 1. The van der Waals surface area contributed by atoms with Gasteiger partial charge in [-0.15, -0.1) is 11.6 Å². The summed E-state index contributed by atoms with van der Waals surface area (Å²) in [5, 5.41) is 9.73. The van der Waals surface area contributed by atoms with E-state index in [4.69, 9.17) is 33.2 Å². The molecule has 96 valence electrons. The van der Waals surface area contributed by atoms with Gasteiger partial charge in [0.25, 0.3) is 0 Å². The van der Waals surface area contributed by atoms with Gasteiger partial charge >= 0.3 is 0 Å². The van der Waals surface area contributed by atoms with E-state index in [-0.39, 0.29) is 0 Å². The van der Waals surface area contributed by atoms with Crippen molar-refractivity contribution in [3.63, 3.8) is 0 Å². The van der Waals surface area contributed by atoms with Crippen molar-refractivity contribution in [1.82, 2.24) is 0 Å². The second kappa shape index (κ2) is 6.29. The van der Waals surface area contributed by atoms with E-state index in [1.165, 1.54) is 0 Å². The molecule has 0 spiro atoms. The van der Waals surface area contributed by atoms with Crippen LogP contribution in [0.25, 0.3) is 0 Å². The van der Waals surface area contributed by atoms with E-state index in [0.717, 1.165) is 10.0 Å². The molecule has 0 radical (unpaired) electrons. The fourth-order valence-corrected chi connectivity index (χ4v) is 2.44. The van der Waals surface area contributed by atoms with Crippen molar-refractivity contribution in [3.8, 4) is 17.6 Å². The molecule has 0 amide bonds. The van der Waals surface area contributed by atoms with Crippen LogP contribution in [0.5, 0.6) is 11.5 Å². The van der Waals surface area contributed by atoms with E-state index in [9.17, 15) is 0 Å². The van der Waals surface area contributed by atoms with Crippen molar-refractivity contribution in [2.75, 3.05) is 0 Å². The average molecular weight is 357 g/mol. The van der Waals surface area contributed by atoms with E-state index in [1.54, 1.807) is 30.3 Å². The SMILES string of the molecule is N#Cc1cc(CCl)ccc1Oc1ccc(Cl)cc1Br. The highest BCUT2D eigenvalue weighted by molar-refractivity contribution is 9.10. The molecule has 0 fully saturated rings. The molecule has 0 saturated heterocycles. The van der Waals surface area contributed by atoms with Crippen molar-refractivity contribution in [2.24, 2.45) is 0 Å². The highest BCUT2D eigenvalue weighted by Gasteiger charge is 2.08. The summed E-state index contributed by atoms with van der Waals surface area (Å²) in [5.74, 6) is 1.44. The number of hydrogen-bond donors (Lipinski definition) is 0. The van der Waals surface area contributed by atoms with Gasteiger partial charge in [0, 0.05) is 10.9 Å². The lowest BCUT2D eigenvalue weighted by atomic mass is 10.1. The molecule has 2 rings (SSSR count). The van der Waals surface area contributed by atoms with Gasteiger partial charge in [-0.1, -0.05) is 17.7 Å². The predicted molar refractivity (Wildman–Crippen MR) is 79.9 cm³/mol. The third-order valence-electron chi connectivity index (χ3n) is 2.43. The molecule has 2 aromatic carbocycles. The normalized spacial score (nSPS) is 10.0. The van der Waals surface area contributed by atoms with Crippen LogP contribution in [0.1, 0.15) is 11.1 Å². The fourth-order valence-electron chi connectivity index (χ4n) is 1.51. The zero-order valence-electron chi connectivity index (χ0n) is 9.66. The molecule has 0 aromatic heterocycles. The summed E-state index contributed by atoms with van der Waals surface area (Å²) in [6, 6.07) is 12.6. The highest BCUT2D eigenvalue weighted by Crippen LogP contribution is 2.33. The topological polar surface area (TPSA) is 33.0 Å². The minimum Gasteiger partial charge on any atom is -0.455 e. The van der Waals surface area contributed by atoms with E-state index in [2.05, 4.69) is 22.0 Å².